The summed E-state index contributed by atoms with van der Waals surface area (Å²) in [5, 5.41) is 9.66. The van der Waals surface area contributed by atoms with Crippen molar-refractivity contribution in [3.05, 3.63) is 23.3 Å². The van der Waals surface area contributed by atoms with Gasteiger partial charge in [0.25, 0.3) is 0 Å². The highest BCUT2D eigenvalue weighted by atomic mass is 19.1. The van der Waals surface area contributed by atoms with Gasteiger partial charge in [0.1, 0.15) is 0 Å². The van der Waals surface area contributed by atoms with E-state index in [1.807, 2.05) is 0 Å². The molecule has 1 atom stereocenters. The van der Waals surface area contributed by atoms with E-state index >= 15 is 0 Å². The monoisotopic (exact) mass is 276 g/mol. The van der Waals surface area contributed by atoms with Gasteiger partial charge >= 0.3 is 5.97 Å². The lowest BCUT2D eigenvalue weighted by Crippen LogP contribution is -2.19. The Hall–Kier alpha value is -1.89. The second-order valence-electron chi connectivity index (χ2n) is 3.48. The molecule has 0 amide bonds. The van der Waals surface area contributed by atoms with Gasteiger partial charge in [0, 0.05) is 6.07 Å². The van der Waals surface area contributed by atoms with Crippen LogP contribution in [0.3, 0.4) is 0 Å². The van der Waals surface area contributed by atoms with Crippen LogP contribution in [0.2, 0.25) is 0 Å². The van der Waals surface area contributed by atoms with Crippen LogP contribution in [0, 0.1) is 11.6 Å². The third-order valence-corrected chi connectivity index (χ3v) is 2.39. The van der Waals surface area contributed by atoms with E-state index in [0.717, 1.165) is 20.3 Å². The third-order valence-electron chi connectivity index (χ3n) is 2.39. The third kappa shape index (κ3) is 2.93. The molecule has 106 valence electrons. The minimum atomic E-state index is -2.09. The molecule has 0 aliphatic carbocycles. The van der Waals surface area contributed by atoms with Gasteiger partial charge in [-0.3, -0.25) is 0 Å². The molecule has 0 fully saturated rings. The first-order valence-corrected chi connectivity index (χ1v) is 5.42. The van der Waals surface area contributed by atoms with Crippen LogP contribution in [0.1, 0.15) is 18.6 Å². The summed E-state index contributed by atoms with van der Waals surface area (Å²) in [6, 6.07) is 0.978. The van der Waals surface area contributed by atoms with Gasteiger partial charge in [-0.25, -0.2) is 13.6 Å². The van der Waals surface area contributed by atoms with Crippen LogP contribution in [-0.2, 0) is 9.53 Å². The Kier molecular flexibility index (Phi) is 5.05. The van der Waals surface area contributed by atoms with Crippen molar-refractivity contribution in [1.29, 1.82) is 0 Å². The van der Waals surface area contributed by atoms with Gasteiger partial charge in [-0.05, 0) is 6.92 Å². The predicted molar refractivity (Wildman–Crippen MR) is 61.1 cm³/mol. The molecular formula is C12H14F2O5. The summed E-state index contributed by atoms with van der Waals surface area (Å²) in [7, 11) is 2.33. The number of hydrogen-bond donors (Lipinski definition) is 1. The van der Waals surface area contributed by atoms with E-state index in [4.69, 9.17) is 0 Å². The normalized spacial score (nSPS) is 11.9. The summed E-state index contributed by atoms with van der Waals surface area (Å²) < 4.78 is 41.7. The lowest BCUT2D eigenvalue weighted by atomic mass is 10.1. The molecule has 1 unspecified atom stereocenters. The average molecular weight is 276 g/mol. The number of ether oxygens (including phenoxy) is 3. The molecule has 7 heteroatoms. The van der Waals surface area contributed by atoms with Crippen LogP contribution in [0.5, 0.6) is 11.5 Å². The van der Waals surface area contributed by atoms with E-state index < -0.39 is 29.3 Å². The lowest BCUT2D eigenvalue weighted by molar-refractivity contribution is -0.153. The molecule has 0 spiro atoms. The number of esters is 1. The molecule has 1 aromatic rings. The molecule has 0 bridgehead atoms. The number of benzene rings is 1. The first-order valence-electron chi connectivity index (χ1n) is 5.42. The molecule has 1 rings (SSSR count). The largest absolute Gasteiger partial charge is 0.494 e. The summed E-state index contributed by atoms with van der Waals surface area (Å²) in [6.45, 7) is 1.48. The molecule has 1 N–H and O–H groups in total. The van der Waals surface area contributed by atoms with Crippen LogP contribution in [-0.4, -0.2) is 31.9 Å². The Morgan fingerprint density at radius 1 is 1.26 bits per heavy atom. The highest BCUT2D eigenvalue weighted by molar-refractivity contribution is 5.77. The van der Waals surface area contributed by atoms with Crippen molar-refractivity contribution in [3.8, 4) is 11.5 Å². The Morgan fingerprint density at radius 3 is 2.11 bits per heavy atom. The maximum atomic E-state index is 13.9. The second-order valence-corrected chi connectivity index (χ2v) is 3.48. The van der Waals surface area contributed by atoms with E-state index in [2.05, 4.69) is 14.2 Å². The molecule has 0 saturated carbocycles. The maximum Gasteiger partial charge on any atom is 0.339 e. The van der Waals surface area contributed by atoms with Gasteiger partial charge in [0.15, 0.2) is 29.2 Å². The fraction of sp³-hybridized carbons (Fsp3) is 0.417. The SMILES string of the molecule is CCOC(=O)C(O)c1c(F)c(OC)cc(OC)c1F. The minimum Gasteiger partial charge on any atom is -0.494 e. The summed E-state index contributed by atoms with van der Waals surface area (Å²) in [6.07, 6.45) is -2.09. The van der Waals surface area contributed by atoms with Crippen molar-refractivity contribution in [2.24, 2.45) is 0 Å². The molecule has 0 radical (unpaired) electrons. The van der Waals surface area contributed by atoms with E-state index in [1.165, 1.54) is 6.92 Å². The average Bonchev–Trinajstić information content (AvgIpc) is 2.39. The van der Waals surface area contributed by atoms with Crippen molar-refractivity contribution in [2.45, 2.75) is 13.0 Å². The van der Waals surface area contributed by atoms with Crippen LogP contribution < -0.4 is 9.47 Å². The minimum absolute atomic E-state index is 0.0275. The molecule has 5 nitrogen and oxygen atoms in total. The fourth-order valence-corrected chi connectivity index (χ4v) is 1.48. The first-order chi connectivity index (χ1) is 8.97. The Labute approximate surface area is 108 Å². The van der Waals surface area contributed by atoms with E-state index in [-0.39, 0.29) is 18.1 Å². The smallest absolute Gasteiger partial charge is 0.339 e. The van der Waals surface area contributed by atoms with Crippen molar-refractivity contribution in [3.63, 3.8) is 0 Å². The quantitative estimate of drug-likeness (QED) is 0.827. The van der Waals surface area contributed by atoms with Gasteiger partial charge < -0.3 is 19.3 Å². The van der Waals surface area contributed by atoms with Crippen molar-refractivity contribution < 1.29 is 32.9 Å². The standard InChI is InChI=1S/C12H14F2O5/c1-4-19-12(16)11(15)8-9(13)6(17-2)5-7(18-3)10(8)14/h5,11,15H,4H2,1-3H3. The Morgan fingerprint density at radius 2 is 1.74 bits per heavy atom. The topological polar surface area (TPSA) is 65.0 Å². The first kappa shape index (κ1) is 15.2. The van der Waals surface area contributed by atoms with Gasteiger partial charge in [-0.2, -0.15) is 0 Å². The van der Waals surface area contributed by atoms with Crippen LogP contribution in [0.25, 0.3) is 0 Å². The summed E-state index contributed by atoms with van der Waals surface area (Å²) in [5.74, 6) is -4.22. The fourth-order valence-electron chi connectivity index (χ4n) is 1.48. The molecule has 0 heterocycles. The molecule has 0 saturated heterocycles. The Balaban J connectivity index is 3.35. The van der Waals surface area contributed by atoms with Crippen molar-refractivity contribution in [1.82, 2.24) is 0 Å². The zero-order valence-electron chi connectivity index (χ0n) is 10.7. The number of aliphatic hydroxyl groups excluding tert-OH is 1. The van der Waals surface area contributed by atoms with Crippen molar-refractivity contribution in [2.75, 3.05) is 20.8 Å². The lowest BCUT2D eigenvalue weighted by Gasteiger charge is -2.15. The van der Waals surface area contributed by atoms with Crippen molar-refractivity contribution >= 4 is 5.97 Å². The van der Waals surface area contributed by atoms with E-state index in [1.54, 1.807) is 0 Å². The zero-order valence-corrected chi connectivity index (χ0v) is 10.7. The molecule has 1 aromatic carbocycles. The van der Waals surface area contributed by atoms with Crippen LogP contribution in [0.15, 0.2) is 6.07 Å². The highest BCUT2D eigenvalue weighted by Gasteiger charge is 2.30. The number of methoxy groups -OCH3 is 2. The summed E-state index contributed by atoms with van der Waals surface area (Å²) in [5.41, 5.74) is -0.866. The molecule has 19 heavy (non-hydrogen) atoms. The predicted octanol–water partition coefficient (Wildman–Crippen LogP) is 1.58. The summed E-state index contributed by atoms with van der Waals surface area (Å²) >= 11 is 0. The number of hydrogen-bond acceptors (Lipinski definition) is 5. The van der Waals surface area contributed by atoms with E-state index in [0.29, 0.717) is 0 Å². The molecular weight excluding hydrogens is 262 g/mol. The van der Waals surface area contributed by atoms with Crippen LogP contribution >= 0.6 is 0 Å². The van der Waals surface area contributed by atoms with Crippen LogP contribution in [0.4, 0.5) is 8.78 Å². The number of rotatable bonds is 5. The highest BCUT2D eigenvalue weighted by Crippen LogP contribution is 2.35. The number of aliphatic hydroxyl groups is 1. The molecule has 0 aliphatic rings. The number of halogens is 2. The van der Waals surface area contributed by atoms with E-state index in [9.17, 15) is 18.7 Å². The Bertz CT molecular complexity index is 447. The second kappa shape index (κ2) is 6.33. The summed E-state index contributed by atoms with van der Waals surface area (Å²) in [4.78, 5) is 11.4. The van der Waals surface area contributed by atoms with Gasteiger partial charge in [0.2, 0.25) is 0 Å². The number of carbonyl (C=O) groups excluding carboxylic acids is 1. The molecule has 0 aromatic heterocycles. The van der Waals surface area contributed by atoms with Gasteiger partial charge in [-0.1, -0.05) is 0 Å². The van der Waals surface area contributed by atoms with Gasteiger partial charge in [0.05, 0.1) is 26.4 Å². The maximum absolute atomic E-state index is 13.9. The zero-order chi connectivity index (χ0) is 14.6. The number of carbonyl (C=O) groups is 1. The molecule has 0 aliphatic heterocycles. The van der Waals surface area contributed by atoms with Gasteiger partial charge in [-0.15, -0.1) is 0 Å².